The lowest BCUT2D eigenvalue weighted by molar-refractivity contribution is -0.115. The van der Waals surface area contributed by atoms with Gasteiger partial charge in [-0.15, -0.1) is 0 Å². The molecule has 17 heavy (non-hydrogen) atoms. The molecule has 2 nitrogen and oxygen atoms in total. The number of fused-ring (bicyclic) bond motifs is 3. The maximum absolute atomic E-state index is 11.8. The molecular weight excluding hydrogens is 234 g/mol. The van der Waals surface area contributed by atoms with E-state index in [-0.39, 0.29) is 5.91 Å². The third-order valence-electron chi connectivity index (χ3n) is 2.94. The average Bonchev–Trinajstić information content (AvgIpc) is 2.46. The van der Waals surface area contributed by atoms with Crippen LogP contribution in [0.5, 0.6) is 0 Å². The van der Waals surface area contributed by atoms with Crippen molar-refractivity contribution in [1.82, 2.24) is 0 Å². The van der Waals surface area contributed by atoms with Gasteiger partial charge in [0.15, 0.2) is 0 Å². The molecule has 0 saturated carbocycles. The summed E-state index contributed by atoms with van der Waals surface area (Å²) in [6, 6.07) is 13.6. The van der Waals surface area contributed by atoms with Gasteiger partial charge in [0.1, 0.15) is 0 Å². The van der Waals surface area contributed by atoms with Crippen LogP contribution in [0.15, 0.2) is 42.5 Å². The van der Waals surface area contributed by atoms with Crippen LogP contribution in [0.1, 0.15) is 5.56 Å². The molecule has 0 aromatic heterocycles. The van der Waals surface area contributed by atoms with Crippen LogP contribution in [0.2, 0.25) is 5.02 Å². The van der Waals surface area contributed by atoms with E-state index in [2.05, 4.69) is 5.32 Å². The molecule has 0 unspecified atom stereocenters. The van der Waals surface area contributed by atoms with Gasteiger partial charge in [-0.3, -0.25) is 4.79 Å². The van der Waals surface area contributed by atoms with Gasteiger partial charge in [-0.2, -0.15) is 0 Å². The van der Waals surface area contributed by atoms with Crippen LogP contribution in [-0.2, 0) is 11.2 Å². The predicted octanol–water partition coefficient (Wildman–Crippen LogP) is 3.50. The molecule has 0 spiro atoms. The van der Waals surface area contributed by atoms with E-state index in [9.17, 15) is 4.79 Å². The van der Waals surface area contributed by atoms with Crippen molar-refractivity contribution in [2.24, 2.45) is 0 Å². The number of halogens is 1. The normalized spacial score (nSPS) is 13.4. The highest BCUT2D eigenvalue weighted by molar-refractivity contribution is 6.34. The van der Waals surface area contributed by atoms with E-state index in [4.69, 9.17) is 11.6 Å². The molecule has 2 aromatic carbocycles. The number of hydrogen-bond donors (Lipinski definition) is 1. The average molecular weight is 244 g/mol. The summed E-state index contributed by atoms with van der Waals surface area (Å²) >= 11 is 6.13. The topological polar surface area (TPSA) is 29.1 Å². The molecule has 0 saturated heterocycles. The first-order valence-corrected chi connectivity index (χ1v) is 5.80. The zero-order chi connectivity index (χ0) is 11.8. The molecule has 1 aliphatic rings. The summed E-state index contributed by atoms with van der Waals surface area (Å²) in [5.74, 6) is -0.0238. The number of carbonyl (C=O) groups excluding carboxylic acids is 1. The number of para-hydroxylation sites is 1. The Morgan fingerprint density at radius 2 is 1.76 bits per heavy atom. The van der Waals surface area contributed by atoms with Gasteiger partial charge in [-0.25, -0.2) is 0 Å². The Kier molecular flexibility index (Phi) is 2.37. The van der Waals surface area contributed by atoms with Crippen LogP contribution in [-0.4, -0.2) is 5.91 Å². The van der Waals surface area contributed by atoms with Crippen molar-refractivity contribution in [2.45, 2.75) is 6.42 Å². The summed E-state index contributed by atoms with van der Waals surface area (Å²) in [5, 5.41) is 3.44. The molecule has 3 heteroatoms. The fourth-order valence-corrected chi connectivity index (χ4v) is 2.39. The van der Waals surface area contributed by atoms with E-state index >= 15 is 0 Å². The second-order valence-corrected chi connectivity index (χ2v) is 4.45. The molecule has 1 amide bonds. The fraction of sp³-hybridized carbons (Fsp3) is 0.0714. The van der Waals surface area contributed by atoms with Crippen LogP contribution in [0.25, 0.3) is 11.1 Å². The van der Waals surface area contributed by atoms with Crippen molar-refractivity contribution in [3.63, 3.8) is 0 Å². The highest BCUT2D eigenvalue weighted by Crippen LogP contribution is 2.37. The minimum Gasteiger partial charge on any atom is -0.324 e. The molecule has 0 atom stereocenters. The highest BCUT2D eigenvalue weighted by Gasteiger charge is 2.19. The van der Waals surface area contributed by atoms with Gasteiger partial charge in [0, 0.05) is 5.56 Å². The number of benzene rings is 2. The SMILES string of the molecule is O=C1Cc2ccccc2-c2cccc(Cl)c2N1. The van der Waals surface area contributed by atoms with E-state index in [0.29, 0.717) is 17.1 Å². The van der Waals surface area contributed by atoms with Crippen LogP contribution in [0.3, 0.4) is 0 Å². The first kappa shape index (κ1) is 10.4. The van der Waals surface area contributed by atoms with Crippen molar-refractivity contribution in [3.05, 3.63) is 53.1 Å². The molecular formula is C14H10ClNO. The van der Waals surface area contributed by atoms with Crippen LogP contribution in [0, 0.1) is 0 Å². The molecule has 0 radical (unpaired) electrons. The molecule has 0 aliphatic carbocycles. The summed E-state index contributed by atoms with van der Waals surface area (Å²) in [4.78, 5) is 11.8. The molecule has 1 heterocycles. The maximum Gasteiger partial charge on any atom is 0.228 e. The Bertz CT molecular complexity index is 607. The summed E-state index contributed by atoms with van der Waals surface area (Å²) in [6.45, 7) is 0. The van der Waals surface area contributed by atoms with Gasteiger partial charge in [0.25, 0.3) is 0 Å². The van der Waals surface area contributed by atoms with Gasteiger partial charge in [-0.05, 0) is 17.2 Å². The first-order valence-electron chi connectivity index (χ1n) is 5.42. The van der Waals surface area contributed by atoms with E-state index < -0.39 is 0 Å². The minimum absolute atomic E-state index is 0.0238. The summed E-state index contributed by atoms with van der Waals surface area (Å²) in [6.07, 6.45) is 0.390. The number of anilines is 1. The second-order valence-electron chi connectivity index (χ2n) is 4.04. The van der Waals surface area contributed by atoms with E-state index in [1.54, 1.807) is 6.07 Å². The van der Waals surface area contributed by atoms with E-state index in [1.807, 2.05) is 36.4 Å². The Morgan fingerprint density at radius 1 is 1.00 bits per heavy atom. The zero-order valence-corrected chi connectivity index (χ0v) is 9.79. The number of amides is 1. The maximum atomic E-state index is 11.8. The Labute approximate surface area is 104 Å². The number of nitrogens with one attached hydrogen (secondary N) is 1. The van der Waals surface area contributed by atoms with Crippen molar-refractivity contribution < 1.29 is 4.79 Å². The van der Waals surface area contributed by atoms with Crippen molar-refractivity contribution >= 4 is 23.2 Å². The van der Waals surface area contributed by atoms with Gasteiger partial charge >= 0.3 is 0 Å². The number of hydrogen-bond acceptors (Lipinski definition) is 1. The monoisotopic (exact) mass is 243 g/mol. The van der Waals surface area contributed by atoms with E-state index in [1.165, 1.54) is 0 Å². The van der Waals surface area contributed by atoms with Crippen molar-refractivity contribution in [3.8, 4) is 11.1 Å². The van der Waals surface area contributed by atoms with Crippen LogP contribution in [0.4, 0.5) is 5.69 Å². The predicted molar refractivity (Wildman–Crippen MR) is 69.2 cm³/mol. The zero-order valence-electron chi connectivity index (χ0n) is 9.03. The second kappa shape index (κ2) is 3.90. The first-order chi connectivity index (χ1) is 8.25. The fourth-order valence-electron chi connectivity index (χ4n) is 2.17. The molecule has 1 aliphatic heterocycles. The Morgan fingerprint density at radius 3 is 2.65 bits per heavy atom. The molecule has 3 rings (SSSR count). The molecule has 0 fully saturated rings. The Hall–Kier alpha value is -1.80. The highest BCUT2D eigenvalue weighted by atomic mass is 35.5. The molecule has 0 bridgehead atoms. The standard InChI is InChI=1S/C14H10ClNO/c15-12-7-3-6-11-10-5-2-1-4-9(10)8-13(17)16-14(11)12/h1-7H,8H2,(H,16,17). The minimum atomic E-state index is -0.0238. The lowest BCUT2D eigenvalue weighted by Gasteiger charge is -2.09. The number of carbonyl (C=O) groups is 1. The smallest absolute Gasteiger partial charge is 0.228 e. The molecule has 84 valence electrons. The molecule has 1 N–H and O–H groups in total. The summed E-state index contributed by atoms with van der Waals surface area (Å²) in [5.41, 5.74) is 3.80. The lowest BCUT2D eigenvalue weighted by Crippen LogP contribution is -2.12. The quantitative estimate of drug-likeness (QED) is 0.754. The lowest BCUT2D eigenvalue weighted by atomic mass is 9.98. The summed E-state index contributed by atoms with van der Waals surface area (Å²) in [7, 11) is 0. The summed E-state index contributed by atoms with van der Waals surface area (Å²) < 4.78 is 0. The van der Waals surface area contributed by atoms with Crippen LogP contribution >= 0.6 is 11.6 Å². The third-order valence-corrected chi connectivity index (χ3v) is 3.25. The largest absolute Gasteiger partial charge is 0.324 e. The number of rotatable bonds is 0. The third kappa shape index (κ3) is 1.71. The van der Waals surface area contributed by atoms with Gasteiger partial charge in [-0.1, -0.05) is 48.0 Å². The van der Waals surface area contributed by atoms with Gasteiger partial charge < -0.3 is 5.32 Å². The van der Waals surface area contributed by atoms with Crippen LogP contribution < -0.4 is 5.32 Å². The molecule has 2 aromatic rings. The van der Waals surface area contributed by atoms with Crippen molar-refractivity contribution in [1.29, 1.82) is 0 Å². The van der Waals surface area contributed by atoms with Crippen molar-refractivity contribution in [2.75, 3.05) is 5.32 Å². The van der Waals surface area contributed by atoms with E-state index in [0.717, 1.165) is 16.7 Å². The van der Waals surface area contributed by atoms with Gasteiger partial charge in [0.05, 0.1) is 17.1 Å². The Balaban J connectivity index is 2.33. The van der Waals surface area contributed by atoms with Gasteiger partial charge in [0.2, 0.25) is 5.91 Å².